The number of fused-ring (bicyclic) bond motifs is 2. The number of aromatic nitrogens is 7. The van der Waals surface area contributed by atoms with Gasteiger partial charge in [0, 0.05) is 35.9 Å². The zero-order valence-electron chi connectivity index (χ0n) is 16.6. The Morgan fingerprint density at radius 1 is 1.19 bits per heavy atom. The van der Waals surface area contributed by atoms with Gasteiger partial charge in [0.05, 0.1) is 36.3 Å². The fourth-order valence-electron chi connectivity index (χ4n) is 3.67. The van der Waals surface area contributed by atoms with Gasteiger partial charge in [-0.25, -0.2) is 4.39 Å². The molecule has 0 aliphatic rings. The minimum absolute atomic E-state index is 0.0440. The van der Waals surface area contributed by atoms with Gasteiger partial charge in [0.2, 0.25) is 0 Å². The Morgan fingerprint density at radius 3 is 2.90 bits per heavy atom. The SMILES string of the molecule is C[C@@H](c1nnc2c(F)cc(-c3cnn(CCO)c3)cn12)n1ccc2ncccc2c1=O. The van der Waals surface area contributed by atoms with Gasteiger partial charge in [-0.2, -0.15) is 5.10 Å². The summed E-state index contributed by atoms with van der Waals surface area (Å²) >= 11 is 0. The van der Waals surface area contributed by atoms with Crippen LogP contribution >= 0.6 is 0 Å². The van der Waals surface area contributed by atoms with Crippen molar-refractivity contribution in [1.82, 2.24) is 33.9 Å². The lowest BCUT2D eigenvalue weighted by Crippen LogP contribution is -2.25. The molecule has 1 N–H and O–H groups in total. The summed E-state index contributed by atoms with van der Waals surface area (Å²) in [4.78, 5) is 17.2. The first-order valence-corrected chi connectivity index (χ1v) is 9.70. The number of rotatable bonds is 5. The van der Waals surface area contributed by atoms with Crippen LogP contribution in [0, 0.1) is 5.82 Å². The third kappa shape index (κ3) is 3.17. The number of aliphatic hydroxyl groups excluding tert-OH is 1. The average Bonchev–Trinajstić information content (AvgIpc) is 3.41. The zero-order chi connectivity index (χ0) is 21.5. The number of hydrogen-bond donors (Lipinski definition) is 1. The summed E-state index contributed by atoms with van der Waals surface area (Å²) in [5.41, 5.74) is 1.74. The van der Waals surface area contributed by atoms with Crippen molar-refractivity contribution in [3.05, 3.63) is 77.2 Å². The maximum absolute atomic E-state index is 14.8. The molecule has 5 rings (SSSR count). The van der Waals surface area contributed by atoms with Crippen molar-refractivity contribution in [2.75, 3.05) is 6.61 Å². The molecule has 1 atom stereocenters. The summed E-state index contributed by atoms with van der Waals surface area (Å²) in [6, 6.07) is 6.06. The van der Waals surface area contributed by atoms with E-state index in [1.807, 2.05) is 6.92 Å². The normalized spacial score (nSPS) is 12.6. The third-order valence-corrected chi connectivity index (χ3v) is 5.27. The topological polar surface area (TPSA) is 103 Å². The first-order valence-electron chi connectivity index (χ1n) is 9.70. The summed E-state index contributed by atoms with van der Waals surface area (Å²) in [5.74, 6) is -0.114. The van der Waals surface area contributed by atoms with Crippen LogP contribution in [0.5, 0.6) is 0 Å². The van der Waals surface area contributed by atoms with Crippen molar-refractivity contribution in [2.45, 2.75) is 19.5 Å². The van der Waals surface area contributed by atoms with Crippen LogP contribution in [0.25, 0.3) is 27.7 Å². The molecule has 5 aromatic heterocycles. The predicted octanol–water partition coefficient (Wildman–Crippen LogP) is 2.04. The Morgan fingerprint density at radius 2 is 2.06 bits per heavy atom. The minimum atomic E-state index is -0.534. The van der Waals surface area contributed by atoms with Crippen LogP contribution in [0.1, 0.15) is 18.8 Å². The summed E-state index contributed by atoms with van der Waals surface area (Å²) in [5, 5.41) is 21.9. The van der Waals surface area contributed by atoms with E-state index in [1.54, 1.807) is 58.3 Å². The van der Waals surface area contributed by atoms with Gasteiger partial charge in [-0.1, -0.05) is 0 Å². The minimum Gasteiger partial charge on any atom is -0.394 e. The summed E-state index contributed by atoms with van der Waals surface area (Å²) in [6.07, 6.45) is 8.34. The first-order chi connectivity index (χ1) is 15.1. The lowest BCUT2D eigenvalue weighted by Gasteiger charge is -2.14. The van der Waals surface area contributed by atoms with Gasteiger partial charge in [0.1, 0.15) is 0 Å². The molecule has 0 aliphatic heterocycles. The smallest absolute Gasteiger partial charge is 0.260 e. The second-order valence-electron chi connectivity index (χ2n) is 7.18. The van der Waals surface area contributed by atoms with Crippen molar-refractivity contribution in [3.63, 3.8) is 0 Å². The number of aliphatic hydroxyl groups is 1. The summed E-state index contributed by atoms with van der Waals surface area (Å²) in [6.45, 7) is 2.11. The molecule has 9 nitrogen and oxygen atoms in total. The highest BCUT2D eigenvalue weighted by Crippen LogP contribution is 2.24. The van der Waals surface area contributed by atoms with E-state index in [0.29, 0.717) is 34.4 Å². The van der Waals surface area contributed by atoms with Crippen LogP contribution in [-0.4, -0.2) is 45.6 Å². The molecule has 0 spiro atoms. The molecule has 0 aromatic carbocycles. The fraction of sp³-hybridized carbons (Fsp3) is 0.190. The van der Waals surface area contributed by atoms with Crippen LogP contribution in [0.3, 0.4) is 0 Å². The Bertz CT molecular complexity index is 1470. The van der Waals surface area contributed by atoms with Crippen LogP contribution in [0.15, 0.2) is 60.0 Å². The van der Waals surface area contributed by atoms with Gasteiger partial charge in [0.15, 0.2) is 17.3 Å². The molecule has 5 heterocycles. The number of pyridine rings is 3. The molecule has 0 unspecified atom stereocenters. The van der Waals surface area contributed by atoms with Gasteiger partial charge in [0.25, 0.3) is 5.56 Å². The Balaban J connectivity index is 1.62. The maximum atomic E-state index is 14.8. The molecular formula is C21H18FN7O2. The van der Waals surface area contributed by atoms with E-state index in [-0.39, 0.29) is 17.8 Å². The molecule has 0 bridgehead atoms. The number of nitrogens with zero attached hydrogens (tertiary/aromatic N) is 7. The maximum Gasteiger partial charge on any atom is 0.260 e. The van der Waals surface area contributed by atoms with E-state index in [2.05, 4.69) is 20.3 Å². The highest BCUT2D eigenvalue weighted by Gasteiger charge is 2.20. The van der Waals surface area contributed by atoms with Crippen molar-refractivity contribution in [2.24, 2.45) is 0 Å². The number of hydrogen-bond acceptors (Lipinski definition) is 6. The van der Waals surface area contributed by atoms with Gasteiger partial charge < -0.3 is 9.67 Å². The molecule has 0 amide bonds. The first kappa shape index (κ1) is 19.1. The van der Waals surface area contributed by atoms with Crippen LogP contribution in [-0.2, 0) is 6.54 Å². The molecule has 0 fully saturated rings. The average molecular weight is 419 g/mol. The van der Waals surface area contributed by atoms with Crippen molar-refractivity contribution in [1.29, 1.82) is 0 Å². The van der Waals surface area contributed by atoms with E-state index >= 15 is 0 Å². The van der Waals surface area contributed by atoms with Crippen molar-refractivity contribution >= 4 is 16.6 Å². The number of halogens is 1. The van der Waals surface area contributed by atoms with Gasteiger partial charge >= 0.3 is 0 Å². The predicted molar refractivity (Wildman–Crippen MR) is 111 cm³/mol. The third-order valence-electron chi connectivity index (χ3n) is 5.27. The van der Waals surface area contributed by atoms with E-state index < -0.39 is 11.9 Å². The Labute approximate surface area is 175 Å². The molecule has 10 heteroatoms. The molecule has 0 aliphatic carbocycles. The van der Waals surface area contributed by atoms with E-state index in [0.717, 1.165) is 0 Å². The van der Waals surface area contributed by atoms with E-state index in [1.165, 1.54) is 10.6 Å². The second-order valence-corrected chi connectivity index (χ2v) is 7.18. The fourth-order valence-corrected chi connectivity index (χ4v) is 3.67. The zero-order valence-corrected chi connectivity index (χ0v) is 16.6. The molecule has 5 aromatic rings. The summed E-state index contributed by atoms with van der Waals surface area (Å²) in [7, 11) is 0. The van der Waals surface area contributed by atoms with E-state index in [9.17, 15) is 9.18 Å². The van der Waals surface area contributed by atoms with Crippen molar-refractivity contribution in [3.8, 4) is 11.1 Å². The molecule has 0 saturated heterocycles. The van der Waals surface area contributed by atoms with Gasteiger partial charge in [-0.15, -0.1) is 10.2 Å². The largest absolute Gasteiger partial charge is 0.394 e. The monoisotopic (exact) mass is 419 g/mol. The highest BCUT2D eigenvalue weighted by molar-refractivity contribution is 5.76. The quantitative estimate of drug-likeness (QED) is 0.468. The molecular weight excluding hydrogens is 401 g/mol. The molecule has 0 saturated carbocycles. The molecule has 156 valence electrons. The summed E-state index contributed by atoms with van der Waals surface area (Å²) < 4.78 is 19.5. The van der Waals surface area contributed by atoms with Gasteiger partial charge in [-0.05, 0) is 31.2 Å². The van der Waals surface area contributed by atoms with Crippen molar-refractivity contribution < 1.29 is 9.50 Å². The highest BCUT2D eigenvalue weighted by atomic mass is 19.1. The molecule has 0 radical (unpaired) electrons. The Kier molecular flexibility index (Phi) is 4.55. The Hall–Kier alpha value is -3.92. The lowest BCUT2D eigenvalue weighted by atomic mass is 10.1. The van der Waals surface area contributed by atoms with Crippen LogP contribution in [0.2, 0.25) is 0 Å². The standard InChI is InChI=1S/C21H18FN7O2/c1-13(28-6-4-18-16(21(28)31)3-2-5-23-18)19-25-26-20-17(22)9-14(12-29(19)20)15-10-24-27(11-15)7-8-30/h2-6,9-13,30H,7-8H2,1H3/t13-/m0/s1. The lowest BCUT2D eigenvalue weighted by molar-refractivity contribution is 0.269. The van der Waals surface area contributed by atoms with Gasteiger partial charge in [-0.3, -0.25) is 18.9 Å². The second kappa shape index (κ2) is 7.40. The molecule has 31 heavy (non-hydrogen) atoms. The van der Waals surface area contributed by atoms with Crippen LogP contribution in [0.4, 0.5) is 4.39 Å². The van der Waals surface area contributed by atoms with Crippen LogP contribution < -0.4 is 5.56 Å². The van der Waals surface area contributed by atoms with E-state index in [4.69, 9.17) is 5.11 Å².